The zero-order valence-corrected chi connectivity index (χ0v) is 18.2. The van der Waals surface area contributed by atoms with Gasteiger partial charge in [0.05, 0.1) is 0 Å². The van der Waals surface area contributed by atoms with Crippen LogP contribution in [0.25, 0.3) is 5.65 Å². The van der Waals surface area contributed by atoms with Crippen LogP contribution in [0, 0.1) is 12.7 Å². The van der Waals surface area contributed by atoms with E-state index < -0.39 is 5.69 Å². The zero-order chi connectivity index (χ0) is 22.9. The lowest BCUT2D eigenvalue weighted by atomic mass is 10.0. The number of benzene rings is 2. The molecule has 4 aromatic rings. The lowest BCUT2D eigenvalue weighted by Crippen LogP contribution is -2.36. The standard InChI is InChI=1S/C24H23FN6O2/c1-16-12-21-28-30(15-22(32)26-13-17-6-8-20(25)9-7-17)24(33)31(21)23(27-16)29-11-10-18-4-2-3-5-19(18)14-29/h2-9,12H,10-11,13-15H2,1H3,(H,26,32). The number of hydrogen-bond acceptors (Lipinski definition) is 5. The first-order valence-electron chi connectivity index (χ1n) is 10.8. The van der Waals surface area contributed by atoms with Crippen LogP contribution in [-0.2, 0) is 30.8 Å². The van der Waals surface area contributed by atoms with Gasteiger partial charge < -0.3 is 10.2 Å². The number of amides is 1. The normalized spacial score (nSPS) is 13.2. The van der Waals surface area contributed by atoms with Gasteiger partial charge in [0.1, 0.15) is 12.4 Å². The molecule has 1 amide bonds. The summed E-state index contributed by atoms with van der Waals surface area (Å²) in [5, 5.41) is 7.11. The summed E-state index contributed by atoms with van der Waals surface area (Å²) in [6.07, 6.45) is 0.863. The molecule has 5 rings (SSSR count). The van der Waals surface area contributed by atoms with E-state index in [1.165, 1.54) is 27.7 Å². The summed E-state index contributed by atoms with van der Waals surface area (Å²) in [4.78, 5) is 32.3. The maximum atomic E-state index is 13.2. The number of nitrogens with zero attached hydrogens (tertiary/aromatic N) is 5. The van der Waals surface area contributed by atoms with Gasteiger partial charge in [-0.15, -0.1) is 5.10 Å². The van der Waals surface area contributed by atoms with Gasteiger partial charge in [-0.3, -0.25) is 4.79 Å². The predicted molar refractivity (Wildman–Crippen MR) is 121 cm³/mol. The summed E-state index contributed by atoms with van der Waals surface area (Å²) in [5.41, 5.74) is 4.06. The van der Waals surface area contributed by atoms with E-state index in [9.17, 15) is 14.0 Å². The van der Waals surface area contributed by atoms with Crippen molar-refractivity contribution < 1.29 is 9.18 Å². The smallest absolute Gasteiger partial charge is 0.350 e. The second kappa shape index (κ2) is 8.50. The number of hydrogen-bond donors (Lipinski definition) is 1. The van der Waals surface area contributed by atoms with Gasteiger partial charge in [0, 0.05) is 31.4 Å². The first-order valence-corrected chi connectivity index (χ1v) is 10.8. The molecule has 0 unspecified atom stereocenters. The Morgan fingerprint density at radius 2 is 1.88 bits per heavy atom. The van der Waals surface area contributed by atoms with Crippen LogP contribution >= 0.6 is 0 Å². The number of carbonyl (C=O) groups is 1. The van der Waals surface area contributed by atoms with Crippen molar-refractivity contribution in [3.8, 4) is 0 Å². The largest absolute Gasteiger partial charge is 0.353 e. The number of rotatable bonds is 5. The summed E-state index contributed by atoms with van der Waals surface area (Å²) in [6.45, 7) is 3.26. The molecule has 2 aromatic heterocycles. The average molecular weight is 446 g/mol. The molecule has 8 nitrogen and oxygen atoms in total. The van der Waals surface area contributed by atoms with Gasteiger partial charge in [-0.1, -0.05) is 36.4 Å². The van der Waals surface area contributed by atoms with Crippen LogP contribution in [0.1, 0.15) is 22.4 Å². The fraction of sp³-hybridized carbons (Fsp3) is 0.250. The lowest BCUT2D eigenvalue weighted by Gasteiger charge is -2.29. The summed E-state index contributed by atoms with van der Waals surface area (Å²) in [7, 11) is 0. The van der Waals surface area contributed by atoms with Crippen molar-refractivity contribution in [2.45, 2.75) is 33.0 Å². The van der Waals surface area contributed by atoms with Crippen LogP contribution < -0.4 is 15.9 Å². The highest BCUT2D eigenvalue weighted by molar-refractivity contribution is 5.75. The first kappa shape index (κ1) is 20.9. The number of halogens is 1. The average Bonchev–Trinajstić information content (AvgIpc) is 3.12. The molecular weight excluding hydrogens is 423 g/mol. The molecule has 0 fully saturated rings. The molecule has 0 saturated carbocycles. The van der Waals surface area contributed by atoms with Crippen LogP contribution in [0.15, 0.2) is 59.4 Å². The van der Waals surface area contributed by atoms with E-state index >= 15 is 0 Å². The van der Waals surface area contributed by atoms with E-state index in [2.05, 4.69) is 32.4 Å². The van der Waals surface area contributed by atoms with E-state index in [4.69, 9.17) is 0 Å². The van der Waals surface area contributed by atoms with E-state index in [1.807, 2.05) is 19.1 Å². The van der Waals surface area contributed by atoms with E-state index in [-0.39, 0.29) is 24.8 Å². The Hall–Kier alpha value is -4.01. The Balaban J connectivity index is 1.39. The van der Waals surface area contributed by atoms with E-state index in [1.54, 1.807) is 18.2 Å². The molecule has 0 saturated heterocycles. The minimum atomic E-state index is -0.414. The number of nitrogens with one attached hydrogen (secondary N) is 1. The molecule has 2 aromatic carbocycles. The molecule has 0 aliphatic carbocycles. The maximum Gasteiger partial charge on any atom is 0.353 e. The molecular formula is C24H23FN6O2. The summed E-state index contributed by atoms with van der Waals surface area (Å²) >= 11 is 0. The third kappa shape index (κ3) is 4.21. The van der Waals surface area contributed by atoms with Crippen molar-refractivity contribution in [2.24, 2.45) is 0 Å². The van der Waals surface area contributed by atoms with Crippen molar-refractivity contribution in [3.05, 3.63) is 93.3 Å². The maximum absolute atomic E-state index is 13.2. The number of fused-ring (bicyclic) bond motifs is 2. The van der Waals surface area contributed by atoms with Crippen LogP contribution in [-0.4, -0.2) is 31.6 Å². The molecule has 0 radical (unpaired) electrons. The highest BCUT2D eigenvalue weighted by Crippen LogP contribution is 2.23. The van der Waals surface area contributed by atoms with Crippen molar-refractivity contribution in [1.82, 2.24) is 24.5 Å². The molecule has 0 atom stereocenters. The van der Waals surface area contributed by atoms with Gasteiger partial charge in [0.25, 0.3) is 0 Å². The fourth-order valence-electron chi connectivity index (χ4n) is 4.11. The lowest BCUT2D eigenvalue weighted by molar-refractivity contribution is -0.122. The Bertz CT molecular complexity index is 1390. The van der Waals surface area contributed by atoms with Gasteiger partial charge in [-0.25, -0.2) is 23.3 Å². The molecule has 1 N–H and O–H groups in total. The summed E-state index contributed by atoms with van der Waals surface area (Å²) in [5.74, 6) is -0.163. The third-order valence-corrected chi connectivity index (χ3v) is 5.79. The SMILES string of the molecule is Cc1cc2nn(CC(=O)NCc3ccc(F)cc3)c(=O)n2c(N2CCc3ccccc3C2)n1. The molecule has 33 heavy (non-hydrogen) atoms. The van der Waals surface area contributed by atoms with Gasteiger partial charge in [0.15, 0.2) is 5.65 Å². The highest BCUT2D eigenvalue weighted by Gasteiger charge is 2.22. The van der Waals surface area contributed by atoms with Gasteiger partial charge in [0.2, 0.25) is 11.9 Å². The molecule has 0 spiro atoms. The van der Waals surface area contributed by atoms with Crippen molar-refractivity contribution in [3.63, 3.8) is 0 Å². The summed E-state index contributed by atoms with van der Waals surface area (Å²) in [6, 6.07) is 15.9. The molecule has 9 heteroatoms. The van der Waals surface area contributed by atoms with Crippen LogP contribution in [0.4, 0.5) is 10.3 Å². The Kier molecular flexibility index (Phi) is 5.37. The topological polar surface area (TPSA) is 84.5 Å². The van der Waals surface area contributed by atoms with Crippen molar-refractivity contribution in [2.75, 3.05) is 11.4 Å². The molecule has 1 aliphatic heterocycles. The third-order valence-electron chi connectivity index (χ3n) is 5.79. The Morgan fingerprint density at radius 3 is 2.67 bits per heavy atom. The van der Waals surface area contributed by atoms with Gasteiger partial charge in [-0.2, -0.15) is 0 Å². The predicted octanol–water partition coefficient (Wildman–Crippen LogP) is 2.22. The minimum Gasteiger partial charge on any atom is -0.350 e. The van der Waals surface area contributed by atoms with Gasteiger partial charge >= 0.3 is 5.69 Å². The Morgan fingerprint density at radius 1 is 1.12 bits per heavy atom. The fourth-order valence-corrected chi connectivity index (χ4v) is 4.11. The van der Waals surface area contributed by atoms with Crippen LogP contribution in [0.5, 0.6) is 0 Å². The second-order valence-corrected chi connectivity index (χ2v) is 8.17. The zero-order valence-electron chi connectivity index (χ0n) is 18.2. The quantitative estimate of drug-likeness (QED) is 0.508. The number of aromatic nitrogens is 4. The molecule has 168 valence electrons. The Labute approximate surface area is 189 Å². The van der Waals surface area contributed by atoms with Crippen LogP contribution in [0.2, 0.25) is 0 Å². The van der Waals surface area contributed by atoms with Gasteiger partial charge in [-0.05, 0) is 42.2 Å². The van der Waals surface area contributed by atoms with Crippen molar-refractivity contribution in [1.29, 1.82) is 0 Å². The number of aryl methyl sites for hydroxylation is 1. The second-order valence-electron chi connectivity index (χ2n) is 8.17. The molecule has 1 aliphatic rings. The molecule has 0 bridgehead atoms. The van der Waals surface area contributed by atoms with Crippen molar-refractivity contribution >= 4 is 17.5 Å². The first-order chi connectivity index (χ1) is 16.0. The number of anilines is 1. The highest BCUT2D eigenvalue weighted by atomic mass is 19.1. The minimum absolute atomic E-state index is 0.219. The van der Waals surface area contributed by atoms with Crippen LogP contribution in [0.3, 0.4) is 0 Å². The molecule has 3 heterocycles. The van der Waals surface area contributed by atoms with E-state index in [0.717, 1.165) is 28.9 Å². The number of carbonyl (C=O) groups excluding carboxylic acids is 1. The monoisotopic (exact) mass is 446 g/mol. The summed E-state index contributed by atoms with van der Waals surface area (Å²) < 4.78 is 15.7. The van der Waals surface area contributed by atoms with E-state index in [0.29, 0.717) is 18.1 Å².